The number of pyridine rings is 1. The van der Waals surface area contributed by atoms with Crippen LogP contribution in [0.3, 0.4) is 0 Å². The SMILES string of the molecule is CCCC1C(C(=O)N2CCC(c3ccccc3OCCCC3(C(=O)O)CC3)(N(C)C)CC2)CCCN1C(=O)c1ncccc1C(F)(F)F. The van der Waals surface area contributed by atoms with E-state index < -0.39 is 52.2 Å². The van der Waals surface area contributed by atoms with Crippen molar-refractivity contribution in [3.8, 4) is 5.75 Å². The number of alkyl halides is 3. The normalized spacial score (nSPS) is 22.0. The zero-order valence-corrected chi connectivity index (χ0v) is 28.1. The number of likely N-dealkylation sites (tertiary alicyclic amines) is 2. The van der Waals surface area contributed by atoms with Gasteiger partial charge in [0.2, 0.25) is 5.91 Å². The lowest BCUT2D eigenvalue weighted by Gasteiger charge is -2.48. The summed E-state index contributed by atoms with van der Waals surface area (Å²) in [5.74, 6) is -1.33. The van der Waals surface area contributed by atoms with Gasteiger partial charge in [0.25, 0.3) is 5.91 Å². The maximum atomic E-state index is 14.2. The summed E-state index contributed by atoms with van der Waals surface area (Å²) in [4.78, 5) is 48.7. The monoisotopic (exact) mass is 672 g/mol. The summed E-state index contributed by atoms with van der Waals surface area (Å²) in [7, 11) is 4.04. The molecule has 2 aliphatic heterocycles. The fourth-order valence-electron chi connectivity index (χ4n) is 7.77. The van der Waals surface area contributed by atoms with Crippen LogP contribution >= 0.6 is 0 Å². The predicted molar refractivity (Wildman–Crippen MR) is 173 cm³/mol. The van der Waals surface area contributed by atoms with E-state index in [9.17, 15) is 32.7 Å². The van der Waals surface area contributed by atoms with Crippen molar-refractivity contribution in [3.63, 3.8) is 0 Å². The number of benzene rings is 1. The molecule has 2 amide bonds. The second-order valence-corrected chi connectivity index (χ2v) is 13.8. The number of aliphatic carboxylic acids is 1. The topological polar surface area (TPSA) is 103 Å². The second-order valence-electron chi connectivity index (χ2n) is 13.8. The van der Waals surface area contributed by atoms with E-state index >= 15 is 0 Å². The first-order valence-electron chi connectivity index (χ1n) is 17.1. The van der Waals surface area contributed by atoms with Gasteiger partial charge in [-0.15, -0.1) is 0 Å². The van der Waals surface area contributed by atoms with Gasteiger partial charge in [0.1, 0.15) is 11.4 Å². The van der Waals surface area contributed by atoms with Crippen LogP contribution in [0.1, 0.15) is 92.7 Å². The standard InChI is InChI=1S/C36H47F3N4O5/c1-4-10-28-25(11-8-21-43(28)32(45)30-27(36(37,38)39)13-7-20-40-30)31(44)42-22-18-35(19-23-42,41(2)3)26-12-5-6-14-29(26)48-24-9-15-34(16-17-34)33(46)47/h5-7,12-14,20,25,28H,4,8-11,15-19,21-24H2,1-3H3,(H,46,47). The molecule has 2 saturated heterocycles. The van der Waals surface area contributed by atoms with Crippen LogP contribution in [-0.2, 0) is 21.3 Å². The Hall–Kier alpha value is -3.67. The van der Waals surface area contributed by atoms with Crippen LogP contribution in [0.15, 0.2) is 42.6 Å². The maximum Gasteiger partial charge on any atom is 0.418 e. The summed E-state index contributed by atoms with van der Waals surface area (Å²) < 4.78 is 47.6. The minimum atomic E-state index is -4.72. The fraction of sp³-hybridized carbons (Fsp3) is 0.611. The summed E-state index contributed by atoms with van der Waals surface area (Å²) >= 11 is 0. The van der Waals surface area contributed by atoms with Crippen molar-refractivity contribution < 1.29 is 37.4 Å². The lowest BCUT2D eigenvalue weighted by Crippen LogP contribution is -2.57. The Morgan fingerprint density at radius 2 is 1.75 bits per heavy atom. The Labute approximate surface area is 280 Å². The maximum absolute atomic E-state index is 14.2. The summed E-state index contributed by atoms with van der Waals surface area (Å²) in [6, 6.07) is 9.43. The summed E-state index contributed by atoms with van der Waals surface area (Å²) in [5.41, 5.74) is -1.66. The minimum absolute atomic E-state index is 0.0626. The van der Waals surface area contributed by atoms with E-state index in [0.717, 1.165) is 30.2 Å². The number of rotatable bonds is 12. The van der Waals surface area contributed by atoms with Crippen molar-refractivity contribution in [2.24, 2.45) is 11.3 Å². The number of carbonyl (C=O) groups is 3. The molecular formula is C36H47F3N4O5. The van der Waals surface area contributed by atoms with Gasteiger partial charge in [-0.2, -0.15) is 13.2 Å². The van der Waals surface area contributed by atoms with Crippen molar-refractivity contribution >= 4 is 17.8 Å². The Morgan fingerprint density at radius 3 is 2.38 bits per heavy atom. The molecule has 2 atom stereocenters. The molecule has 2 aromatic rings. The highest BCUT2D eigenvalue weighted by Crippen LogP contribution is 2.50. The van der Waals surface area contributed by atoms with E-state index in [0.29, 0.717) is 71.1 Å². The van der Waals surface area contributed by atoms with Gasteiger partial charge >= 0.3 is 12.1 Å². The molecule has 3 fully saturated rings. The van der Waals surface area contributed by atoms with Gasteiger partial charge in [-0.3, -0.25) is 24.3 Å². The zero-order valence-electron chi connectivity index (χ0n) is 28.1. The third kappa shape index (κ3) is 7.18. The van der Waals surface area contributed by atoms with Crippen LogP contribution in [0.5, 0.6) is 5.75 Å². The fourth-order valence-corrected chi connectivity index (χ4v) is 7.77. The number of piperidine rings is 2. The number of carboxylic acids is 1. The van der Waals surface area contributed by atoms with Gasteiger partial charge in [0, 0.05) is 37.4 Å². The van der Waals surface area contributed by atoms with Crippen LogP contribution in [0.2, 0.25) is 0 Å². The Kier molecular flexibility index (Phi) is 10.7. The molecule has 48 heavy (non-hydrogen) atoms. The molecule has 12 heteroatoms. The molecule has 0 spiro atoms. The predicted octanol–water partition coefficient (Wildman–Crippen LogP) is 6.22. The van der Waals surface area contributed by atoms with Crippen LogP contribution in [0.4, 0.5) is 13.2 Å². The largest absolute Gasteiger partial charge is 0.493 e. The molecule has 1 aromatic carbocycles. The van der Waals surface area contributed by atoms with Crippen molar-refractivity contribution in [2.45, 2.75) is 88.9 Å². The molecular weight excluding hydrogens is 625 g/mol. The molecule has 0 bridgehead atoms. The van der Waals surface area contributed by atoms with E-state index in [1.54, 1.807) is 0 Å². The van der Waals surface area contributed by atoms with Gasteiger partial charge in [-0.25, -0.2) is 0 Å². The number of halogens is 3. The highest BCUT2D eigenvalue weighted by atomic mass is 19.4. The third-order valence-electron chi connectivity index (χ3n) is 10.8. The molecule has 3 aliphatic rings. The highest BCUT2D eigenvalue weighted by molar-refractivity contribution is 5.95. The van der Waals surface area contributed by atoms with Gasteiger partial charge in [0.05, 0.1) is 29.0 Å². The first-order chi connectivity index (χ1) is 22.8. The lowest BCUT2D eigenvalue weighted by atomic mass is 9.78. The Balaban J connectivity index is 1.29. The van der Waals surface area contributed by atoms with E-state index in [1.165, 1.54) is 17.2 Å². The summed E-state index contributed by atoms with van der Waals surface area (Å²) in [6.45, 7) is 3.60. The molecule has 2 unspecified atom stereocenters. The van der Waals surface area contributed by atoms with Gasteiger partial charge < -0.3 is 19.6 Å². The van der Waals surface area contributed by atoms with Crippen molar-refractivity contribution in [2.75, 3.05) is 40.3 Å². The second kappa shape index (κ2) is 14.4. The number of carboxylic acid groups (broad SMARTS) is 1. The van der Waals surface area contributed by atoms with Gasteiger partial charge in [-0.05, 0) is 90.1 Å². The summed E-state index contributed by atoms with van der Waals surface area (Å²) in [6.07, 6.45) is 2.70. The smallest absolute Gasteiger partial charge is 0.418 e. The van der Waals surface area contributed by atoms with Crippen LogP contribution in [-0.4, -0.2) is 89.0 Å². The molecule has 1 aromatic heterocycles. The van der Waals surface area contributed by atoms with Gasteiger partial charge in [-0.1, -0.05) is 31.5 Å². The lowest BCUT2D eigenvalue weighted by molar-refractivity contribution is -0.144. The number of nitrogens with zero attached hydrogens (tertiary/aromatic N) is 4. The van der Waals surface area contributed by atoms with Crippen molar-refractivity contribution in [1.29, 1.82) is 0 Å². The molecule has 1 N–H and O–H groups in total. The number of aromatic nitrogens is 1. The first-order valence-corrected chi connectivity index (χ1v) is 17.1. The van der Waals surface area contributed by atoms with E-state index in [-0.39, 0.29) is 12.5 Å². The highest BCUT2D eigenvalue weighted by Gasteiger charge is 2.49. The minimum Gasteiger partial charge on any atom is -0.493 e. The number of carbonyl (C=O) groups excluding carboxylic acids is 2. The Morgan fingerprint density at radius 1 is 1.04 bits per heavy atom. The number of ether oxygens (including phenoxy) is 1. The third-order valence-corrected chi connectivity index (χ3v) is 10.8. The molecule has 3 heterocycles. The molecule has 9 nitrogen and oxygen atoms in total. The van der Waals surface area contributed by atoms with Gasteiger partial charge in [0.15, 0.2) is 0 Å². The van der Waals surface area contributed by atoms with Crippen LogP contribution < -0.4 is 4.74 Å². The zero-order chi connectivity index (χ0) is 34.7. The Bertz CT molecular complexity index is 1470. The van der Waals surface area contributed by atoms with Crippen LogP contribution in [0, 0.1) is 11.3 Å². The molecule has 1 saturated carbocycles. The molecule has 262 valence electrons. The van der Waals surface area contributed by atoms with E-state index in [2.05, 4.69) is 16.0 Å². The van der Waals surface area contributed by atoms with E-state index in [4.69, 9.17) is 4.74 Å². The molecule has 5 rings (SSSR count). The summed E-state index contributed by atoms with van der Waals surface area (Å²) in [5, 5.41) is 9.50. The number of amides is 2. The number of hydrogen-bond acceptors (Lipinski definition) is 6. The average Bonchev–Trinajstić information content (AvgIpc) is 3.87. The molecule has 0 radical (unpaired) electrons. The van der Waals surface area contributed by atoms with Crippen molar-refractivity contribution in [1.82, 2.24) is 19.7 Å². The molecule has 1 aliphatic carbocycles. The number of para-hydroxylation sites is 1. The van der Waals surface area contributed by atoms with Crippen molar-refractivity contribution in [3.05, 3.63) is 59.4 Å². The number of hydrogen-bond donors (Lipinski definition) is 1. The average molecular weight is 673 g/mol. The quantitative estimate of drug-likeness (QED) is 0.267. The van der Waals surface area contributed by atoms with E-state index in [1.807, 2.05) is 44.1 Å². The first kappa shape index (κ1) is 35.6. The van der Waals surface area contributed by atoms with Crippen LogP contribution in [0.25, 0.3) is 0 Å².